The summed E-state index contributed by atoms with van der Waals surface area (Å²) >= 11 is 0. The second-order valence-corrected chi connectivity index (χ2v) is 10.8. The zero-order valence-corrected chi connectivity index (χ0v) is 23.4. The lowest BCUT2D eigenvalue weighted by Crippen LogP contribution is -2.36. The van der Waals surface area contributed by atoms with Crippen molar-refractivity contribution < 1.29 is 37.0 Å². The fourth-order valence-corrected chi connectivity index (χ4v) is 3.74. The molecule has 10 heteroatoms. The quantitative estimate of drug-likeness (QED) is 0.199. The van der Waals surface area contributed by atoms with Gasteiger partial charge >= 0.3 is 6.18 Å². The molecule has 216 valence electrons. The third-order valence-corrected chi connectivity index (χ3v) is 7.23. The number of halogens is 4. The highest BCUT2D eigenvalue weighted by atomic mass is 19.4. The van der Waals surface area contributed by atoms with Crippen LogP contribution in [0, 0.1) is 0 Å². The second-order valence-electron chi connectivity index (χ2n) is 10.8. The molecule has 6 nitrogen and oxygen atoms in total. The number of ether oxygens (including phenoxy) is 1. The number of hydrogen-bond donors (Lipinski definition) is 3. The molecule has 2 rings (SSSR count). The first kappa shape index (κ1) is 31.9. The van der Waals surface area contributed by atoms with Crippen molar-refractivity contribution in [2.24, 2.45) is 0 Å². The first-order valence-corrected chi connectivity index (χ1v) is 12.9. The number of nitrogens with one attached hydrogen (secondary N) is 2. The van der Waals surface area contributed by atoms with Gasteiger partial charge < -0.3 is 20.5 Å². The molecule has 2 aromatic rings. The Bertz CT molecular complexity index is 1180. The van der Waals surface area contributed by atoms with E-state index in [4.69, 9.17) is 4.74 Å². The van der Waals surface area contributed by atoms with Crippen molar-refractivity contribution in [3.05, 3.63) is 47.5 Å². The lowest BCUT2D eigenvalue weighted by Gasteiger charge is -2.31. The molecule has 0 heterocycles. The molecule has 0 aromatic heterocycles. The third kappa shape index (κ3) is 7.86. The number of phenolic OH excluding ortho intramolecular Hbond substituents is 1. The van der Waals surface area contributed by atoms with Crippen molar-refractivity contribution in [1.29, 1.82) is 0 Å². The Hall–Kier alpha value is -3.30. The minimum atomic E-state index is -5.37. The molecule has 0 bridgehead atoms. The highest BCUT2D eigenvalue weighted by Gasteiger charge is 2.45. The van der Waals surface area contributed by atoms with Crippen molar-refractivity contribution in [1.82, 2.24) is 0 Å². The van der Waals surface area contributed by atoms with E-state index in [2.05, 4.69) is 52.9 Å². The molecule has 0 aliphatic rings. The summed E-state index contributed by atoms with van der Waals surface area (Å²) in [6.07, 6.45) is -7.88. The van der Waals surface area contributed by atoms with Crippen LogP contribution in [0.4, 0.5) is 28.9 Å². The number of rotatable bonds is 11. The number of amides is 2. The van der Waals surface area contributed by atoms with Gasteiger partial charge in [0.1, 0.15) is 11.5 Å². The average Bonchev–Trinajstić information content (AvgIpc) is 2.87. The van der Waals surface area contributed by atoms with Gasteiger partial charge in [-0.2, -0.15) is 13.2 Å². The Morgan fingerprint density at radius 1 is 0.897 bits per heavy atom. The maximum Gasteiger partial charge on any atom is 0.428 e. The number of phenols is 1. The largest absolute Gasteiger partial charge is 0.506 e. The monoisotopic (exact) mass is 554 g/mol. The van der Waals surface area contributed by atoms with Crippen molar-refractivity contribution >= 4 is 23.2 Å². The zero-order valence-electron chi connectivity index (χ0n) is 23.4. The van der Waals surface area contributed by atoms with Crippen LogP contribution in [-0.2, 0) is 20.4 Å². The van der Waals surface area contributed by atoms with E-state index in [1.807, 2.05) is 12.1 Å². The van der Waals surface area contributed by atoms with E-state index in [-0.39, 0.29) is 16.5 Å². The predicted octanol–water partition coefficient (Wildman–Crippen LogP) is 7.40. The van der Waals surface area contributed by atoms with Gasteiger partial charge in [0, 0.05) is 17.3 Å². The van der Waals surface area contributed by atoms with Gasteiger partial charge in [0.25, 0.3) is 18.0 Å². The van der Waals surface area contributed by atoms with E-state index in [0.29, 0.717) is 12.2 Å². The van der Waals surface area contributed by atoms with Gasteiger partial charge in [-0.3, -0.25) is 9.59 Å². The Labute approximate surface area is 227 Å². The first-order valence-electron chi connectivity index (χ1n) is 12.9. The summed E-state index contributed by atoms with van der Waals surface area (Å²) in [7, 11) is 0. The second kappa shape index (κ2) is 12.3. The molecule has 0 radical (unpaired) electrons. The summed E-state index contributed by atoms with van der Waals surface area (Å²) in [4.78, 5) is 24.5. The normalized spacial score (nSPS) is 13.9. The van der Waals surface area contributed by atoms with Crippen LogP contribution in [0.2, 0.25) is 0 Å². The number of hydrogen-bond acceptors (Lipinski definition) is 4. The molecular formula is C29H38F4N2O4. The van der Waals surface area contributed by atoms with E-state index >= 15 is 0 Å². The van der Waals surface area contributed by atoms with Crippen molar-refractivity contribution in [3.63, 3.8) is 0 Å². The SMILES string of the molecule is CCC(Oc1ccc(C(C)(C)CC)cc1C(C)(C)CC)C(=O)Nc1ccc(NC(=O)C(F)C(F)(F)F)c(O)c1. The van der Waals surface area contributed by atoms with Crippen molar-refractivity contribution in [2.75, 3.05) is 10.6 Å². The molecule has 2 atom stereocenters. The van der Waals surface area contributed by atoms with Gasteiger partial charge in [0.2, 0.25) is 0 Å². The summed E-state index contributed by atoms with van der Waals surface area (Å²) < 4.78 is 56.7. The Balaban J connectivity index is 2.25. The third-order valence-electron chi connectivity index (χ3n) is 7.23. The maximum absolute atomic E-state index is 13.2. The standard InChI is InChI=1S/C29H38F4N2O4/c1-8-22(39-23-14-11-17(27(4,5)9-2)15-19(23)28(6,7)10-3)25(37)34-18-12-13-20(21(36)16-18)35-26(38)24(30)29(31,32)33/h11-16,22,24,36H,8-10H2,1-7H3,(H,34,37)(H,35,38). The molecule has 0 fully saturated rings. The highest BCUT2D eigenvalue weighted by molar-refractivity contribution is 5.97. The number of benzene rings is 2. The van der Waals surface area contributed by atoms with Crippen LogP contribution in [0.25, 0.3) is 0 Å². The smallest absolute Gasteiger partial charge is 0.428 e. The molecular weight excluding hydrogens is 516 g/mol. The van der Waals surface area contributed by atoms with Gasteiger partial charge in [-0.1, -0.05) is 60.6 Å². The number of aromatic hydroxyl groups is 1. The van der Waals surface area contributed by atoms with Crippen LogP contribution in [0.5, 0.6) is 11.5 Å². The molecule has 3 N–H and O–H groups in total. The van der Waals surface area contributed by atoms with E-state index in [1.165, 1.54) is 11.6 Å². The Morgan fingerprint density at radius 2 is 1.51 bits per heavy atom. The fraction of sp³-hybridized carbons (Fsp3) is 0.517. The number of alkyl halides is 4. The van der Waals surface area contributed by atoms with Crippen LogP contribution < -0.4 is 15.4 Å². The van der Waals surface area contributed by atoms with Crippen LogP contribution in [0.1, 0.15) is 78.9 Å². The van der Waals surface area contributed by atoms with Gasteiger partial charge in [-0.25, -0.2) is 4.39 Å². The minimum absolute atomic E-state index is 0.0376. The minimum Gasteiger partial charge on any atom is -0.506 e. The van der Waals surface area contributed by atoms with Crippen LogP contribution in [0.3, 0.4) is 0 Å². The van der Waals surface area contributed by atoms with Crippen molar-refractivity contribution in [2.45, 2.75) is 97.0 Å². The molecule has 0 saturated carbocycles. The summed E-state index contributed by atoms with van der Waals surface area (Å²) in [6.45, 7) is 14.6. The first-order chi connectivity index (χ1) is 18.0. The zero-order chi connectivity index (χ0) is 29.8. The molecule has 2 unspecified atom stereocenters. The molecule has 2 aromatic carbocycles. The molecule has 2 amide bonds. The van der Waals surface area contributed by atoms with E-state index in [0.717, 1.165) is 30.5 Å². The van der Waals surface area contributed by atoms with E-state index in [1.54, 1.807) is 12.2 Å². The lowest BCUT2D eigenvalue weighted by atomic mass is 9.76. The van der Waals surface area contributed by atoms with Crippen molar-refractivity contribution in [3.8, 4) is 11.5 Å². The summed E-state index contributed by atoms with van der Waals surface area (Å²) in [6, 6.07) is 9.38. The van der Waals surface area contributed by atoms with Crippen LogP contribution >= 0.6 is 0 Å². The van der Waals surface area contributed by atoms with Crippen LogP contribution in [-0.4, -0.2) is 35.4 Å². The topological polar surface area (TPSA) is 87.7 Å². The summed E-state index contributed by atoms with van der Waals surface area (Å²) in [5.41, 5.74) is 1.57. The lowest BCUT2D eigenvalue weighted by molar-refractivity contribution is -0.183. The summed E-state index contributed by atoms with van der Waals surface area (Å²) in [5.74, 6) is -2.53. The number of carbonyl (C=O) groups excluding carboxylic acids is 2. The molecule has 39 heavy (non-hydrogen) atoms. The molecule has 0 aliphatic heterocycles. The Morgan fingerprint density at radius 3 is 2.03 bits per heavy atom. The van der Waals surface area contributed by atoms with E-state index < -0.39 is 41.7 Å². The Kier molecular flexibility index (Phi) is 10.0. The highest BCUT2D eigenvalue weighted by Crippen LogP contribution is 2.39. The maximum atomic E-state index is 13.2. The van der Waals surface area contributed by atoms with Gasteiger partial charge in [0.05, 0.1) is 5.69 Å². The molecule has 0 aliphatic carbocycles. The predicted molar refractivity (Wildman–Crippen MR) is 144 cm³/mol. The van der Waals surface area contributed by atoms with Gasteiger partial charge in [-0.05, 0) is 53.9 Å². The molecule has 0 spiro atoms. The molecule has 0 saturated heterocycles. The van der Waals surface area contributed by atoms with Gasteiger partial charge in [0.15, 0.2) is 6.10 Å². The number of carbonyl (C=O) groups is 2. The van der Waals surface area contributed by atoms with Gasteiger partial charge in [-0.15, -0.1) is 0 Å². The van der Waals surface area contributed by atoms with Crippen LogP contribution in [0.15, 0.2) is 36.4 Å². The average molecular weight is 555 g/mol. The number of anilines is 2. The fourth-order valence-electron chi connectivity index (χ4n) is 3.74. The summed E-state index contributed by atoms with van der Waals surface area (Å²) in [5, 5.41) is 14.4. The van der Waals surface area contributed by atoms with E-state index in [9.17, 15) is 32.3 Å².